The van der Waals surface area contributed by atoms with Crippen molar-refractivity contribution in [2.24, 2.45) is 5.73 Å². The van der Waals surface area contributed by atoms with Gasteiger partial charge in [-0.05, 0) is 31.7 Å². The molecule has 7 heteroatoms. The van der Waals surface area contributed by atoms with Crippen molar-refractivity contribution in [3.8, 4) is 0 Å². The minimum atomic E-state index is -0.541. The average molecular weight is 292 g/mol. The van der Waals surface area contributed by atoms with E-state index in [9.17, 15) is 9.59 Å². The van der Waals surface area contributed by atoms with Gasteiger partial charge in [0.1, 0.15) is 11.8 Å². The molecule has 3 N–H and O–H groups in total. The monoisotopic (exact) mass is 292 g/mol. The number of aromatic nitrogens is 2. The number of ether oxygens (including phenoxy) is 1. The highest BCUT2D eigenvalue weighted by Gasteiger charge is 2.32. The van der Waals surface area contributed by atoms with Gasteiger partial charge in [-0.2, -0.15) is 5.10 Å². The maximum absolute atomic E-state index is 12.4. The Morgan fingerprint density at radius 1 is 1.38 bits per heavy atom. The summed E-state index contributed by atoms with van der Waals surface area (Å²) in [5, 5.41) is 6.78. The van der Waals surface area contributed by atoms with E-state index < -0.39 is 5.91 Å². The molecule has 1 aromatic rings. The van der Waals surface area contributed by atoms with E-state index in [2.05, 4.69) is 10.2 Å². The summed E-state index contributed by atoms with van der Waals surface area (Å²) in [7, 11) is 0. The number of carbonyl (C=O) groups is 2. The molecule has 2 unspecified atom stereocenters. The van der Waals surface area contributed by atoms with Crippen LogP contribution in [0.15, 0.2) is 6.07 Å². The van der Waals surface area contributed by atoms with Gasteiger partial charge in [0.25, 0.3) is 11.8 Å². The van der Waals surface area contributed by atoms with E-state index in [1.165, 1.54) is 0 Å². The van der Waals surface area contributed by atoms with Crippen LogP contribution in [0.3, 0.4) is 0 Å². The molecule has 0 spiro atoms. The number of likely N-dealkylation sites (tertiary alicyclic amines) is 1. The Bertz CT molecular complexity index is 536. The van der Waals surface area contributed by atoms with Crippen molar-refractivity contribution in [3.63, 3.8) is 0 Å². The molecule has 0 aromatic carbocycles. The average Bonchev–Trinajstić information content (AvgIpc) is 3.18. The quantitative estimate of drug-likeness (QED) is 0.841. The number of amides is 2. The third kappa shape index (κ3) is 2.92. The van der Waals surface area contributed by atoms with Crippen molar-refractivity contribution in [2.45, 2.75) is 37.7 Å². The number of H-pyrrole nitrogens is 1. The number of piperidine rings is 1. The summed E-state index contributed by atoms with van der Waals surface area (Å²) >= 11 is 0. The molecule has 7 nitrogen and oxygen atoms in total. The molecule has 2 atom stereocenters. The third-order valence-corrected chi connectivity index (χ3v) is 4.23. The molecule has 0 radical (unpaired) electrons. The molecule has 0 aliphatic carbocycles. The van der Waals surface area contributed by atoms with Crippen molar-refractivity contribution in [2.75, 3.05) is 19.7 Å². The van der Waals surface area contributed by atoms with Gasteiger partial charge in [-0.25, -0.2) is 0 Å². The summed E-state index contributed by atoms with van der Waals surface area (Å²) in [5.74, 6) is -0.280. The minimum absolute atomic E-state index is 0.0897. The van der Waals surface area contributed by atoms with Gasteiger partial charge >= 0.3 is 0 Å². The number of hydrogen-bond acceptors (Lipinski definition) is 4. The Labute approximate surface area is 122 Å². The van der Waals surface area contributed by atoms with Gasteiger partial charge in [0.15, 0.2) is 0 Å². The van der Waals surface area contributed by atoms with Gasteiger partial charge in [-0.15, -0.1) is 0 Å². The van der Waals surface area contributed by atoms with Gasteiger partial charge in [0, 0.05) is 31.3 Å². The predicted molar refractivity (Wildman–Crippen MR) is 74.6 cm³/mol. The van der Waals surface area contributed by atoms with Crippen LogP contribution >= 0.6 is 0 Å². The van der Waals surface area contributed by atoms with Crippen molar-refractivity contribution < 1.29 is 14.3 Å². The van der Waals surface area contributed by atoms with E-state index in [0.29, 0.717) is 13.2 Å². The van der Waals surface area contributed by atoms with Crippen LogP contribution in [0.4, 0.5) is 0 Å². The van der Waals surface area contributed by atoms with Crippen LogP contribution in [0.1, 0.15) is 47.8 Å². The van der Waals surface area contributed by atoms with E-state index in [-0.39, 0.29) is 23.6 Å². The number of nitrogens with zero attached hydrogens (tertiary/aromatic N) is 2. The molecule has 3 rings (SSSR count). The fraction of sp³-hybridized carbons (Fsp3) is 0.643. The molecule has 2 saturated heterocycles. The first kappa shape index (κ1) is 14.1. The van der Waals surface area contributed by atoms with E-state index in [1.807, 2.05) is 4.90 Å². The second-order valence-corrected chi connectivity index (χ2v) is 5.70. The van der Waals surface area contributed by atoms with Crippen LogP contribution in [0.2, 0.25) is 0 Å². The zero-order chi connectivity index (χ0) is 14.8. The minimum Gasteiger partial charge on any atom is -0.368 e. The number of rotatable bonds is 3. The normalized spacial score (nSPS) is 26.0. The highest BCUT2D eigenvalue weighted by molar-refractivity contribution is 5.90. The zero-order valence-electron chi connectivity index (χ0n) is 11.9. The molecule has 2 aliphatic heterocycles. The molecule has 0 bridgehead atoms. The summed E-state index contributed by atoms with van der Waals surface area (Å²) in [6, 6.07) is 1.69. The molecule has 3 heterocycles. The highest BCUT2D eigenvalue weighted by Crippen LogP contribution is 2.27. The predicted octanol–water partition coefficient (Wildman–Crippen LogP) is 0.394. The third-order valence-electron chi connectivity index (χ3n) is 4.23. The number of nitrogens with one attached hydrogen (secondary N) is 1. The molecule has 1 aromatic heterocycles. The van der Waals surface area contributed by atoms with Gasteiger partial charge in [0.05, 0.1) is 0 Å². The Kier molecular flexibility index (Phi) is 3.92. The van der Waals surface area contributed by atoms with Crippen molar-refractivity contribution in [1.29, 1.82) is 0 Å². The smallest absolute Gasteiger partial charge is 0.269 e. The zero-order valence-corrected chi connectivity index (χ0v) is 11.9. The van der Waals surface area contributed by atoms with Gasteiger partial charge in [-0.1, -0.05) is 0 Å². The van der Waals surface area contributed by atoms with Gasteiger partial charge in [0.2, 0.25) is 0 Å². The largest absolute Gasteiger partial charge is 0.368 e. The second-order valence-electron chi connectivity index (χ2n) is 5.70. The number of nitrogens with two attached hydrogens (primary N) is 1. The summed E-state index contributed by atoms with van der Waals surface area (Å²) in [6.07, 6.45) is 3.40. The highest BCUT2D eigenvalue weighted by atomic mass is 16.5. The molecule has 0 saturated carbocycles. The van der Waals surface area contributed by atoms with Crippen molar-refractivity contribution >= 4 is 11.8 Å². The van der Waals surface area contributed by atoms with E-state index in [1.54, 1.807) is 6.07 Å². The van der Waals surface area contributed by atoms with Crippen LogP contribution in [0.5, 0.6) is 0 Å². The maximum atomic E-state index is 12.4. The first-order valence-electron chi connectivity index (χ1n) is 7.40. The summed E-state index contributed by atoms with van der Waals surface area (Å²) < 4.78 is 5.47. The maximum Gasteiger partial charge on any atom is 0.269 e. The summed E-state index contributed by atoms with van der Waals surface area (Å²) in [4.78, 5) is 25.4. The fourth-order valence-electron chi connectivity index (χ4n) is 3.08. The van der Waals surface area contributed by atoms with Crippen molar-refractivity contribution in [1.82, 2.24) is 15.1 Å². The molecule has 2 fully saturated rings. The molecule has 2 amide bonds. The van der Waals surface area contributed by atoms with E-state index >= 15 is 0 Å². The fourth-order valence-corrected chi connectivity index (χ4v) is 3.08. The number of primary amides is 1. The first-order valence-corrected chi connectivity index (χ1v) is 7.40. The lowest BCUT2D eigenvalue weighted by molar-refractivity contribution is -0.142. The SMILES string of the molecule is NC(=O)c1cc(C2CCCN(C(=O)C3CCCO3)C2)[nH]n1. The summed E-state index contributed by atoms with van der Waals surface area (Å²) in [6.45, 7) is 2.08. The topological polar surface area (TPSA) is 101 Å². The van der Waals surface area contributed by atoms with Crippen LogP contribution in [0.25, 0.3) is 0 Å². The summed E-state index contributed by atoms with van der Waals surface area (Å²) in [5.41, 5.74) is 6.32. The van der Waals surface area contributed by atoms with Crippen molar-refractivity contribution in [3.05, 3.63) is 17.5 Å². The number of carbonyl (C=O) groups excluding carboxylic acids is 2. The van der Waals surface area contributed by atoms with Crippen LogP contribution < -0.4 is 5.73 Å². The lowest BCUT2D eigenvalue weighted by Crippen LogP contribution is -2.44. The van der Waals surface area contributed by atoms with Gasteiger partial charge in [-0.3, -0.25) is 14.7 Å². The molecule has 114 valence electrons. The number of hydrogen-bond donors (Lipinski definition) is 2. The lowest BCUT2D eigenvalue weighted by atomic mass is 9.94. The second kappa shape index (κ2) is 5.85. The van der Waals surface area contributed by atoms with Crippen LogP contribution in [-0.4, -0.2) is 52.7 Å². The Morgan fingerprint density at radius 2 is 2.24 bits per heavy atom. The number of aromatic amines is 1. The Balaban J connectivity index is 1.67. The molecular weight excluding hydrogens is 272 g/mol. The van der Waals surface area contributed by atoms with Crippen LogP contribution in [-0.2, 0) is 9.53 Å². The van der Waals surface area contributed by atoms with Crippen LogP contribution in [0, 0.1) is 0 Å². The molecular formula is C14H20N4O3. The van der Waals surface area contributed by atoms with E-state index in [0.717, 1.165) is 37.9 Å². The first-order chi connectivity index (χ1) is 10.1. The Morgan fingerprint density at radius 3 is 2.90 bits per heavy atom. The lowest BCUT2D eigenvalue weighted by Gasteiger charge is -2.33. The van der Waals surface area contributed by atoms with E-state index in [4.69, 9.17) is 10.5 Å². The molecule has 2 aliphatic rings. The molecule has 21 heavy (non-hydrogen) atoms. The Hall–Kier alpha value is -1.89. The standard InChI is InChI=1S/C14H20N4O3/c15-13(19)11-7-10(16-17-11)9-3-1-5-18(8-9)14(20)12-4-2-6-21-12/h7,9,12H,1-6,8H2,(H2,15,19)(H,16,17). The van der Waals surface area contributed by atoms with Gasteiger partial charge < -0.3 is 15.4 Å².